The fourth-order valence-corrected chi connectivity index (χ4v) is 5.61. The highest BCUT2D eigenvalue weighted by atomic mass is 32.2. The molecular weight excluding hydrogens is 380 g/mol. The largest absolute Gasteiger partial charge is 0.342 e. The van der Waals surface area contributed by atoms with E-state index in [2.05, 4.69) is 4.98 Å². The molecule has 1 aromatic carbocycles. The van der Waals surface area contributed by atoms with Gasteiger partial charge in [0.1, 0.15) is 0 Å². The van der Waals surface area contributed by atoms with Gasteiger partial charge in [-0.15, -0.1) is 11.3 Å². The monoisotopic (exact) mass is 408 g/mol. The van der Waals surface area contributed by atoms with Crippen molar-refractivity contribution in [3.05, 3.63) is 52.0 Å². The van der Waals surface area contributed by atoms with E-state index < -0.39 is 15.1 Å². The fraction of sp³-hybridized carbons (Fsp3) is 0.500. The van der Waals surface area contributed by atoms with Gasteiger partial charge in [-0.05, 0) is 19.4 Å². The van der Waals surface area contributed by atoms with Crippen LogP contribution in [0.4, 0.5) is 0 Å². The van der Waals surface area contributed by atoms with Crippen LogP contribution in [0.3, 0.4) is 0 Å². The lowest BCUT2D eigenvalue weighted by Crippen LogP contribution is -2.38. The molecule has 0 radical (unpaired) electrons. The summed E-state index contributed by atoms with van der Waals surface area (Å²) in [6.07, 6.45) is 0. The average molecular weight is 409 g/mol. The minimum atomic E-state index is -3.77. The number of thiazole rings is 1. The Morgan fingerprint density at radius 1 is 1.15 bits per heavy atom. The standard InChI is InChI=1S/C20H28N2O3S2/c1-6-22(7-2)18(23)17(15-11-9-8-10-12-15)27(24,25)14-16-13-26-19(21-16)20(3,4)5/h8-13,17H,6-7,14H2,1-5H3. The lowest BCUT2D eigenvalue weighted by molar-refractivity contribution is -0.130. The lowest BCUT2D eigenvalue weighted by atomic mass is 9.98. The molecule has 0 fully saturated rings. The van der Waals surface area contributed by atoms with Crippen LogP contribution in [-0.4, -0.2) is 37.3 Å². The third-order valence-electron chi connectivity index (χ3n) is 4.30. The number of amides is 1. The Bertz CT molecular complexity index is 864. The van der Waals surface area contributed by atoms with E-state index in [1.54, 1.807) is 34.5 Å². The zero-order chi connectivity index (χ0) is 20.2. The van der Waals surface area contributed by atoms with E-state index in [0.717, 1.165) is 5.01 Å². The molecule has 0 aliphatic carbocycles. The Morgan fingerprint density at radius 3 is 2.22 bits per heavy atom. The molecule has 2 aromatic rings. The molecule has 0 spiro atoms. The van der Waals surface area contributed by atoms with Crippen LogP contribution in [0.25, 0.3) is 0 Å². The molecule has 148 valence electrons. The summed E-state index contributed by atoms with van der Waals surface area (Å²) in [5.41, 5.74) is 0.863. The van der Waals surface area contributed by atoms with E-state index in [4.69, 9.17) is 0 Å². The van der Waals surface area contributed by atoms with Gasteiger partial charge in [0.25, 0.3) is 0 Å². The minimum absolute atomic E-state index is 0.136. The molecule has 1 unspecified atom stereocenters. The van der Waals surface area contributed by atoms with Crippen LogP contribution in [0, 0.1) is 0 Å². The summed E-state index contributed by atoms with van der Waals surface area (Å²) < 4.78 is 26.5. The maximum Gasteiger partial charge on any atom is 0.245 e. The van der Waals surface area contributed by atoms with Gasteiger partial charge in [0.15, 0.2) is 15.1 Å². The van der Waals surface area contributed by atoms with Gasteiger partial charge >= 0.3 is 0 Å². The molecule has 0 aliphatic rings. The Balaban J connectivity index is 2.41. The Kier molecular flexibility index (Phi) is 6.81. The van der Waals surface area contributed by atoms with Crippen LogP contribution in [0.2, 0.25) is 0 Å². The number of aromatic nitrogens is 1. The first-order chi connectivity index (χ1) is 12.6. The molecule has 7 heteroatoms. The molecule has 1 atom stereocenters. The smallest absolute Gasteiger partial charge is 0.245 e. The second-order valence-corrected chi connectivity index (χ2v) is 10.4. The summed E-state index contributed by atoms with van der Waals surface area (Å²) in [6, 6.07) is 8.73. The van der Waals surface area contributed by atoms with E-state index in [-0.39, 0.29) is 17.1 Å². The summed E-state index contributed by atoms with van der Waals surface area (Å²) in [6.45, 7) is 10.8. The Hall–Kier alpha value is -1.73. The van der Waals surface area contributed by atoms with Crippen LogP contribution in [0.5, 0.6) is 0 Å². The first-order valence-electron chi connectivity index (χ1n) is 9.10. The number of sulfone groups is 1. The van der Waals surface area contributed by atoms with Crippen LogP contribution < -0.4 is 0 Å². The molecule has 0 bridgehead atoms. The summed E-state index contributed by atoms with van der Waals surface area (Å²) in [5.74, 6) is -0.621. The van der Waals surface area contributed by atoms with Crippen LogP contribution >= 0.6 is 11.3 Å². The third kappa shape index (κ3) is 5.17. The number of hydrogen-bond donors (Lipinski definition) is 0. The van der Waals surface area contributed by atoms with E-state index >= 15 is 0 Å². The third-order valence-corrected chi connectivity index (χ3v) is 7.51. The molecule has 0 saturated heterocycles. The molecule has 1 heterocycles. The van der Waals surface area contributed by atoms with Gasteiger partial charge in [0, 0.05) is 23.9 Å². The quantitative estimate of drug-likeness (QED) is 0.695. The van der Waals surface area contributed by atoms with Gasteiger partial charge in [0.2, 0.25) is 5.91 Å². The number of hydrogen-bond acceptors (Lipinski definition) is 5. The van der Waals surface area contributed by atoms with Crippen LogP contribution in [0.15, 0.2) is 35.7 Å². The number of likely N-dealkylation sites (N-methyl/N-ethyl adjacent to an activating group) is 1. The van der Waals surface area contributed by atoms with Crippen molar-refractivity contribution in [2.75, 3.05) is 13.1 Å². The summed E-state index contributed by atoms with van der Waals surface area (Å²) in [5, 5.41) is 1.46. The summed E-state index contributed by atoms with van der Waals surface area (Å²) in [4.78, 5) is 19.1. The van der Waals surface area contributed by atoms with Gasteiger partial charge in [-0.2, -0.15) is 0 Å². The Morgan fingerprint density at radius 2 is 1.74 bits per heavy atom. The highest BCUT2D eigenvalue weighted by Crippen LogP contribution is 2.30. The topological polar surface area (TPSA) is 67.3 Å². The first-order valence-corrected chi connectivity index (χ1v) is 11.7. The molecule has 5 nitrogen and oxygen atoms in total. The van der Waals surface area contributed by atoms with Gasteiger partial charge in [-0.25, -0.2) is 13.4 Å². The van der Waals surface area contributed by atoms with Crippen molar-refractivity contribution in [1.82, 2.24) is 9.88 Å². The van der Waals surface area contributed by atoms with Crippen molar-refractivity contribution in [2.45, 2.75) is 51.0 Å². The molecule has 0 N–H and O–H groups in total. The summed E-state index contributed by atoms with van der Waals surface area (Å²) in [7, 11) is -3.77. The molecule has 1 amide bonds. The predicted octanol–water partition coefficient (Wildman–Crippen LogP) is 3.97. The number of nitrogens with zero attached hydrogens (tertiary/aromatic N) is 2. The fourth-order valence-electron chi connectivity index (χ4n) is 2.84. The number of benzene rings is 1. The van der Waals surface area contributed by atoms with Gasteiger partial charge in [-0.1, -0.05) is 51.1 Å². The zero-order valence-electron chi connectivity index (χ0n) is 16.6. The SMILES string of the molecule is CCN(CC)C(=O)C(c1ccccc1)S(=O)(=O)Cc1csc(C(C)(C)C)n1. The van der Waals surface area contributed by atoms with Gasteiger partial charge in [-0.3, -0.25) is 4.79 Å². The van der Waals surface area contributed by atoms with Crippen molar-refractivity contribution in [3.8, 4) is 0 Å². The van der Waals surface area contributed by atoms with E-state index in [9.17, 15) is 13.2 Å². The van der Waals surface area contributed by atoms with E-state index in [0.29, 0.717) is 24.3 Å². The second kappa shape index (κ2) is 8.52. The lowest BCUT2D eigenvalue weighted by Gasteiger charge is -2.25. The highest BCUT2D eigenvalue weighted by Gasteiger charge is 2.37. The molecule has 0 saturated carbocycles. The summed E-state index contributed by atoms with van der Waals surface area (Å²) >= 11 is 1.46. The van der Waals surface area contributed by atoms with Crippen molar-refractivity contribution in [2.24, 2.45) is 0 Å². The molecule has 1 aromatic heterocycles. The maximum atomic E-state index is 13.3. The predicted molar refractivity (Wildman–Crippen MR) is 111 cm³/mol. The Labute approximate surface area is 166 Å². The van der Waals surface area contributed by atoms with E-state index in [1.165, 1.54) is 11.3 Å². The van der Waals surface area contributed by atoms with Gasteiger partial charge in [0.05, 0.1) is 16.5 Å². The number of carbonyl (C=O) groups excluding carboxylic acids is 1. The van der Waals surface area contributed by atoms with Crippen molar-refractivity contribution < 1.29 is 13.2 Å². The number of carbonyl (C=O) groups is 1. The second-order valence-electron chi connectivity index (χ2n) is 7.50. The molecule has 0 aliphatic heterocycles. The minimum Gasteiger partial charge on any atom is -0.342 e. The van der Waals surface area contributed by atoms with Crippen molar-refractivity contribution >= 4 is 27.1 Å². The average Bonchev–Trinajstić information content (AvgIpc) is 3.05. The molecular formula is C20H28N2O3S2. The molecule has 2 rings (SSSR count). The highest BCUT2D eigenvalue weighted by molar-refractivity contribution is 7.91. The zero-order valence-corrected chi connectivity index (χ0v) is 18.2. The number of rotatable bonds is 7. The van der Waals surface area contributed by atoms with Crippen LogP contribution in [0.1, 0.15) is 56.1 Å². The van der Waals surface area contributed by atoms with Crippen molar-refractivity contribution in [3.63, 3.8) is 0 Å². The maximum absolute atomic E-state index is 13.3. The van der Waals surface area contributed by atoms with Crippen LogP contribution in [-0.2, 0) is 25.8 Å². The van der Waals surface area contributed by atoms with Gasteiger partial charge < -0.3 is 4.90 Å². The van der Waals surface area contributed by atoms with Crippen molar-refractivity contribution in [1.29, 1.82) is 0 Å². The first kappa shape index (κ1) is 21.6. The van der Waals surface area contributed by atoms with E-state index in [1.807, 2.05) is 40.7 Å². The normalized spacial score (nSPS) is 13.4. The molecule has 27 heavy (non-hydrogen) atoms.